The second kappa shape index (κ2) is 6.93. The molecule has 1 aromatic carbocycles. The fourth-order valence-corrected chi connectivity index (χ4v) is 1.44. The van der Waals surface area contributed by atoms with Crippen LogP contribution in [0.25, 0.3) is 0 Å². The van der Waals surface area contributed by atoms with Crippen LogP contribution < -0.4 is 10.1 Å². The Hall–Kier alpha value is -2.04. The molecule has 1 N–H and O–H groups in total. The van der Waals surface area contributed by atoms with Gasteiger partial charge in [-0.25, -0.2) is 4.79 Å². The highest BCUT2D eigenvalue weighted by Gasteiger charge is 2.15. The average Bonchev–Trinajstić information content (AvgIpc) is 2.33. The van der Waals surface area contributed by atoms with Crippen molar-refractivity contribution in [2.45, 2.75) is 33.3 Å². The highest BCUT2D eigenvalue weighted by Crippen LogP contribution is 2.13. The van der Waals surface area contributed by atoms with Crippen LogP contribution in [0.15, 0.2) is 24.3 Å². The summed E-state index contributed by atoms with van der Waals surface area (Å²) in [6, 6.07) is 6.93. The van der Waals surface area contributed by atoms with E-state index in [-0.39, 0.29) is 5.78 Å². The fraction of sp³-hybridized carbons (Fsp3) is 0.467. The van der Waals surface area contributed by atoms with Gasteiger partial charge in [0.25, 0.3) is 0 Å². The van der Waals surface area contributed by atoms with Crippen molar-refractivity contribution < 1.29 is 19.1 Å². The van der Waals surface area contributed by atoms with Gasteiger partial charge in [-0.2, -0.15) is 0 Å². The van der Waals surface area contributed by atoms with Gasteiger partial charge >= 0.3 is 6.09 Å². The van der Waals surface area contributed by atoms with Gasteiger partial charge in [0.1, 0.15) is 18.0 Å². The molecule has 0 atom stereocenters. The van der Waals surface area contributed by atoms with Gasteiger partial charge < -0.3 is 14.8 Å². The number of carbonyl (C=O) groups excluding carboxylic acids is 2. The Morgan fingerprint density at radius 3 is 2.55 bits per heavy atom. The molecule has 0 aliphatic rings. The number of alkyl carbamates (subject to hydrolysis) is 1. The molecule has 0 spiro atoms. The van der Waals surface area contributed by atoms with E-state index in [1.54, 1.807) is 45.0 Å². The molecule has 110 valence electrons. The fourth-order valence-electron chi connectivity index (χ4n) is 1.44. The highest BCUT2D eigenvalue weighted by molar-refractivity contribution is 5.94. The van der Waals surface area contributed by atoms with Gasteiger partial charge in [-0.3, -0.25) is 4.79 Å². The number of benzene rings is 1. The molecule has 5 nitrogen and oxygen atoms in total. The van der Waals surface area contributed by atoms with Crippen LogP contribution in [0, 0.1) is 0 Å². The molecule has 0 aliphatic carbocycles. The first kappa shape index (κ1) is 16.0. The maximum atomic E-state index is 11.4. The van der Waals surface area contributed by atoms with Crippen LogP contribution in [-0.2, 0) is 4.74 Å². The first-order valence-electron chi connectivity index (χ1n) is 6.48. The molecule has 0 aliphatic heterocycles. The van der Waals surface area contributed by atoms with Crippen molar-refractivity contribution in [3.8, 4) is 5.75 Å². The minimum Gasteiger partial charge on any atom is -0.492 e. The Labute approximate surface area is 119 Å². The van der Waals surface area contributed by atoms with Gasteiger partial charge in [0, 0.05) is 5.56 Å². The van der Waals surface area contributed by atoms with E-state index in [0.717, 1.165) is 0 Å². The third-order valence-electron chi connectivity index (χ3n) is 2.28. The number of amides is 1. The molecule has 0 saturated heterocycles. The number of rotatable bonds is 5. The van der Waals surface area contributed by atoms with E-state index >= 15 is 0 Å². The van der Waals surface area contributed by atoms with E-state index in [1.807, 2.05) is 0 Å². The van der Waals surface area contributed by atoms with E-state index in [2.05, 4.69) is 5.32 Å². The minimum absolute atomic E-state index is 0.0117. The Bertz CT molecular complexity index is 477. The summed E-state index contributed by atoms with van der Waals surface area (Å²) in [5.41, 5.74) is 0.0865. The molecule has 0 fully saturated rings. The topological polar surface area (TPSA) is 64.6 Å². The number of ketones is 1. The van der Waals surface area contributed by atoms with Crippen LogP contribution in [0.5, 0.6) is 5.75 Å². The predicted octanol–water partition coefficient (Wildman–Crippen LogP) is 2.79. The monoisotopic (exact) mass is 279 g/mol. The van der Waals surface area contributed by atoms with Crippen LogP contribution >= 0.6 is 0 Å². The minimum atomic E-state index is -0.513. The van der Waals surface area contributed by atoms with Crippen molar-refractivity contribution in [3.05, 3.63) is 29.8 Å². The maximum Gasteiger partial charge on any atom is 0.407 e. The number of hydrogen-bond donors (Lipinski definition) is 1. The summed E-state index contributed by atoms with van der Waals surface area (Å²) in [5.74, 6) is 0.589. The lowest BCUT2D eigenvalue weighted by atomic mass is 10.1. The summed E-state index contributed by atoms with van der Waals surface area (Å²) in [4.78, 5) is 22.6. The van der Waals surface area contributed by atoms with E-state index < -0.39 is 11.7 Å². The van der Waals surface area contributed by atoms with Gasteiger partial charge in [-0.1, -0.05) is 12.1 Å². The Morgan fingerprint density at radius 2 is 1.95 bits per heavy atom. The zero-order valence-electron chi connectivity index (χ0n) is 12.4. The van der Waals surface area contributed by atoms with Crippen LogP contribution in [0.4, 0.5) is 4.79 Å². The second-order valence-electron chi connectivity index (χ2n) is 5.36. The summed E-state index contributed by atoms with van der Waals surface area (Å²) in [6.45, 7) is 7.55. The van der Waals surface area contributed by atoms with E-state index in [9.17, 15) is 9.59 Å². The maximum absolute atomic E-state index is 11.4. The first-order chi connectivity index (χ1) is 9.28. The molecule has 1 amide bonds. The van der Waals surface area contributed by atoms with Crippen molar-refractivity contribution in [1.29, 1.82) is 0 Å². The molecular weight excluding hydrogens is 258 g/mol. The summed E-state index contributed by atoms with van der Waals surface area (Å²) < 4.78 is 10.5. The molecule has 0 saturated carbocycles. The van der Waals surface area contributed by atoms with Crippen LogP contribution in [0.3, 0.4) is 0 Å². The summed E-state index contributed by atoms with van der Waals surface area (Å²) in [7, 11) is 0. The summed E-state index contributed by atoms with van der Waals surface area (Å²) in [6.07, 6.45) is -0.474. The van der Waals surface area contributed by atoms with Gasteiger partial charge in [0.2, 0.25) is 0 Å². The molecule has 0 unspecified atom stereocenters. The van der Waals surface area contributed by atoms with E-state index in [0.29, 0.717) is 24.5 Å². The van der Waals surface area contributed by atoms with Gasteiger partial charge in [-0.05, 0) is 39.8 Å². The smallest absolute Gasteiger partial charge is 0.407 e. The Balaban J connectivity index is 2.33. The zero-order valence-corrected chi connectivity index (χ0v) is 12.4. The lowest BCUT2D eigenvalue weighted by molar-refractivity contribution is 0.0520. The predicted molar refractivity (Wildman–Crippen MR) is 76.2 cm³/mol. The third kappa shape index (κ3) is 6.22. The largest absolute Gasteiger partial charge is 0.492 e. The van der Waals surface area contributed by atoms with Crippen LogP contribution in [-0.4, -0.2) is 30.6 Å². The molecule has 0 radical (unpaired) electrons. The molecule has 0 heterocycles. The normalized spacial score (nSPS) is 10.8. The van der Waals surface area contributed by atoms with Gasteiger partial charge in [-0.15, -0.1) is 0 Å². The van der Waals surface area contributed by atoms with Crippen LogP contribution in [0.2, 0.25) is 0 Å². The van der Waals surface area contributed by atoms with E-state index in [1.165, 1.54) is 6.92 Å². The van der Waals surface area contributed by atoms with Crippen molar-refractivity contribution in [2.75, 3.05) is 13.2 Å². The van der Waals surface area contributed by atoms with Crippen molar-refractivity contribution in [2.24, 2.45) is 0 Å². The Morgan fingerprint density at radius 1 is 1.25 bits per heavy atom. The van der Waals surface area contributed by atoms with Crippen molar-refractivity contribution in [3.63, 3.8) is 0 Å². The summed E-state index contributed by atoms with van der Waals surface area (Å²) >= 11 is 0. The Kier molecular flexibility index (Phi) is 5.55. The second-order valence-corrected chi connectivity index (χ2v) is 5.36. The number of ether oxygens (including phenoxy) is 2. The molecule has 1 rings (SSSR count). The highest BCUT2D eigenvalue weighted by atomic mass is 16.6. The molecule has 0 aromatic heterocycles. The lowest BCUT2D eigenvalue weighted by Gasteiger charge is -2.19. The molecule has 5 heteroatoms. The average molecular weight is 279 g/mol. The lowest BCUT2D eigenvalue weighted by Crippen LogP contribution is -2.34. The zero-order chi connectivity index (χ0) is 15.2. The molecule has 0 bridgehead atoms. The first-order valence-corrected chi connectivity index (χ1v) is 6.48. The molecule has 1 aromatic rings. The quantitative estimate of drug-likeness (QED) is 0.665. The van der Waals surface area contributed by atoms with Gasteiger partial charge in [0.05, 0.1) is 6.54 Å². The van der Waals surface area contributed by atoms with Crippen LogP contribution in [0.1, 0.15) is 38.1 Å². The van der Waals surface area contributed by atoms with Crippen molar-refractivity contribution >= 4 is 11.9 Å². The number of nitrogens with one attached hydrogen (secondary N) is 1. The number of hydrogen-bond acceptors (Lipinski definition) is 4. The summed E-state index contributed by atoms with van der Waals surface area (Å²) in [5, 5.41) is 2.59. The third-order valence-corrected chi connectivity index (χ3v) is 2.28. The van der Waals surface area contributed by atoms with E-state index in [4.69, 9.17) is 9.47 Å². The van der Waals surface area contributed by atoms with Crippen molar-refractivity contribution in [1.82, 2.24) is 5.32 Å². The molecule has 20 heavy (non-hydrogen) atoms. The number of carbonyl (C=O) groups is 2. The molecular formula is C15H21NO4. The van der Waals surface area contributed by atoms with Gasteiger partial charge in [0.15, 0.2) is 5.78 Å². The SMILES string of the molecule is CC(=O)c1cccc(OCCNC(=O)OC(C)(C)C)c1. The number of Topliss-reactive ketones (excluding diaryl/α,β-unsaturated/α-hetero) is 1. The standard InChI is InChI=1S/C15H21NO4/c1-11(17)12-6-5-7-13(10-12)19-9-8-16-14(18)20-15(2,3)4/h5-7,10H,8-9H2,1-4H3,(H,16,18).